The van der Waals surface area contributed by atoms with Gasteiger partial charge in [0.1, 0.15) is 11.5 Å². The zero-order valence-electron chi connectivity index (χ0n) is 10.6. The average Bonchev–Trinajstić information content (AvgIpc) is 3.13. The van der Waals surface area contributed by atoms with Gasteiger partial charge in [0.15, 0.2) is 0 Å². The van der Waals surface area contributed by atoms with Crippen LogP contribution in [-0.4, -0.2) is 20.3 Å². The van der Waals surface area contributed by atoms with E-state index in [0.29, 0.717) is 0 Å². The van der Waals surface area contributed by atoms with Gasteiger partial charge in [0.25, 0.3) is 0 Å². The lowest BCUT2D eigenvalue weighted by Crippen LogP contribution is -2.23. The number of methoxy groups -OCH3 is 2. The van der Waals surface area contributed by atoms with Gasteiger partial charge in [-0.3, -0.25) is 0 Å². The third kappa shape index (κ3) is 3.37. The van der Waals surface area contributed by atoms with Crippen molar-refractivity contribution in [2.45, 2.75) is 31.7 Å². The minimum absolute atomic E-state index is 0.241. The van der Waals surface area contributed by atoms with E-state index in [2.05, 4.69) is 0 Å². The summed E-state index contributed by atoms with van der Waals surface area (Å²) < 4.78 is 10.6. The molecular weight excluding hydrogens is 214 g/mol. The smallest absolute Gasteiger partial charge is 0.125 e. The van der Waals surface area contributed by atoms with Crippen molar-refractivity contribution in [3.8, 4) is 11.5 Å². The molecule has 0 aromatic heterocycles. The van der Waals surface area contributed by atoms with Crippen molar-refractivity contribution >= 4 is 0 Å². The lowest BCUT2D eigenvalue weighted by Gasteiger charge is -2.14. The molecule has 94 valence electrons. The Balaban J connectivity index is 2.02. The maximum absolute atomic E-state index is 6.15. The first-order valence-electron chi connectivity index (χ1n) is 6.19. The molecule has 1 unspecified atom stereocenters. The van der Waals surface area contributed by atoms with Gasteiger partial charge in [0, 0.05) is 12.1 Å². The van der Waals surface area contributed by atoms with Gasteiger partial charge in [-0.2, -0.15) is 0 Å². The molecule has 1 atom stereocenters. The Labute approximate surface area is 103 Å². The zero-order valence-corrected chi connectivity index (χ0v) is 10.6. The maximum Gasteiger partial charge on any atom is 0.125 e. The molecule has 0 radical (unpaired) electrons. The van der Waals surface area contributed by atoms with Crippen LogP contribution < -0.4 is 15.2 Å². The van der Waals surface area contributed by atoms with Crippen molar-refractivity contribution < 1.29 is 9.47 Å². The molecular formula is C14H21NO2. The topological polar surface area (TPSA) is 44.5 Å². The molecule has 0 spiro atoms. The second kappa shape index (κ2) is 5.41. The van der Waals surface area contributed by atoms with Gasteiger partial charge in [-0.15, -0.1) is 0 Å². The van der Waals surface area contributed by atoms with Crippen LogP contribution in [0.25, 0.3) is 0 Å². The fourth-order valence-electron chi connectivity index (χ4n) is 2.17. The Morgan fingerprint density at radius 3 is 2.65 bits per heavy atom. The lowest BCUT2D eigenvalue weighted by molar-refractivity contribution is 0.389. The molecule has 0 bridgehead atoms. The van der Waals surface area contributed by atoms with E-state index in [1.165, 1.54) is 18.4 Å². The Morgan fingerprint density at radius 1 is 1.29 bits per heavy atom. The number of ether oxygens (including phenoxy) is 2. The minimum Gasteiger partial charge on any atom is -0.497 e. The molecule has 3 nitrogen and oxygen atoms in total. The van der Waals surface area contributed by atoms with Gasteiger partial charge in [0.05, 0.1) is 14.2 Å². The molecule has 1 aliphatic rings. The van der Waals surface area contributed by atoms with Gasteiger partial charge >= 0.3 is 0 Å². The number of hydrogen-bond acceptors (Lipinski definition) is 3. The fraction of sp³-hybridized carbons (Fsp3) is 0.571. The highest BCUT2D eigenvalue weighted by atomic mass is 16.5. The van der Waals surface area contributed by atoms with Crippen molar-refractivity contribution in [1.82, 2.24) is 0 Å². The summed E-state index contributed by atoms with van der Waals surface area (Å²) in [5.41, 5.74) is 7.32. The Kier molecular flexibility index (Phi) is 3.89. The van der Waals surface area contributed by atoms with Gasteiger partial charge in [-0.05, 0) is 30.4 Å². The van der Waals surface area contributed by atoms with Crippen LogP contribution in [0.2, 0.25) is 0 Å². The standard InChI is InChI=1S/C14H21NO2/c1-16-13-6-5-11(14(9-13)17-2)8-12(15)7-10-3-4-10/h5-6,9-10,12H,3-4,7-8,15H2,1-2H3. The van der Waals surface area contributed by atoms with E-state index in [1.807, 2.05) is 18.2 Å². The van der Waals surface area contributed by atoms with Gasteiger partial charge in [0.2, 0.25) is 0 Å². The second-order valence-electron chi connectivity index (χ2n) is 4.82. The second-order valence-corrected chi connectivity index (χ2v) is 4.82. The predicted molar refractivity (Wildman–Crippen MR) is 68.6 cm³/mol. The van der Waals surface area contributed by atoms with Crippen LogP contribution in [0.3, 0.4) is 0 Å². The molecule has 1 fully saturated rings. The van der Waals surface area contributed by atoms with Crippen molar-refractivity contribution in [1.29, 1.82) is 0 Å². The molecule has 17 heavy (non-hydrogen) atoms. The van der Waals surface area contributed by atoms with Crippen molar-refractivity contribution in [2.75, 3.05) is 14.2 Å². The molecule has 2 rings (SSSR count). The van der Waals surface area contributed by atoms with E-state index in [9.17, 15) is 0 Å². The van der Waals surface area contributed by atoms with Crippen LogP contribution >= 0.6 is 0 Å². The van der Waals surface area contributed by atoms with Gasteiger partial charge < -0.3 is 15.2 Å². The summed E-state index contributed by atoms with van der Waals surface area (Å²) >= 11 is 0. The van der Waals surface area contributed by atoms with Crippen LogP contribution in [-0.2, 0) is 6.42 Å². The average molecular weight is 235 g/mol. The molecule has 1 saturated carbocycles. The molecule has 3 heteroatoms. The number of hydrogen-bond donors (Lipinski definition) is 1. The van der Waals surface area contributed by atoms with Crippen molar-refractivity contribution in [2.24, 2.45) is 11.7 Å². The summed E-state index contributed by atoms with van der Waals surface area (Å²) in [6.07, 6.45) is 4.72. The zero-order chi connectivity index (χ0) is 12.3. The molecule has 0 aliphatic heterocycles. The SMILES string of the molecule is COc1ccc(CC(N)CC2CC2)c(OC)c1. The monoisotopic (exact) mass is 235 g/mol. The Morgan fingerprint density at radius 2 is 2.06 bits per heavy atom. The van der Waals surface area contributed by atoms with E-state index in [4.69, 9.17) is 15.2 Å². The molecule has 2 N–H and O–H groups in total. The van der Waals surface area contributed by atoms with E-state index in [1.54, 1.807) is 14.2 Å². The van der Waals surface area contributed by atoms with Crippen LogP contribution in [0.4, 0.5) is 0 Å². The first-order chi connectivity index (χ1) is 8.22. The largest absolute Gasteiger partial charge is 0.497 e. The molecule has 0 amide bonds. The Bertz CT molecular complexity index is 374. The number of rotatable bonds is 6. The Hall–Kier alpha value is -1.22. The van der Waals surface area contributed by atoms with Crippen molar-refractivity contribution in [3.63, 3.8) is 0 Å². The van der Waals surface area contributed by atoms with Crippen LogP contribution in [0.15, 0.2) is 18.2 Å². The fourth-order valence-corrected chi connectivity index (χ4v) is 2.17. The van der Waals surface area contributed by atoms with Crippen LogP contribution in [0, 0.1) is 5.92 Å². The van der Waals surface area contributed by atoms with E-state index in [-0.39, 0.29) is 6.04 Å². The highest BCUT2D eigenvalue weighted by Crippen LogP contribution is 2.34. The molecule has 0 saturated heterocycles. The summed E-state index contributed by atoms with van der Waals surface area (Å²) in [7, 11) is 3.35. The van der Waals surface area contributed by atoms with E-state index < -0.39 is 0 Å². The van der Waals surface area contributed by atoms with Gasteiger partial charge in [-0.1, -0.05) is 18.9 Å². The lowest BCUT2D eigenvalue weighted by atomic mass is 10.0. The summed E-state index contributed by atoms with van der Waals surface area (Å²) in [6.45, 7) is 0. The first kappa shape index (κ1) is 12.2. The minimum atomic E-state index is 0.241. The molecule has 0 heterocycles. The van der Waals surface area contributed by atoms with E-state index >= 15 is 0 Å². The van der Waals surface area contributed by atoms with Gasteiger partial charge in [-0.25, -0.2) is 0 Å². The highest BCUT2D eigenvalue weighted by Gasteiger charge is 2.24. The summed E-state index contributed by atoms with van der Waals surface area (Å²) in [6, 6.07) is 6.16. The van der Waals surface area contributed by atoms with Crippen LogP contribution in [0.1, 0.15) is 24.8 Å². The first-order valence-corrected chi connectivity index (χ1v) is 6.19. The normalized spacial score (nSPS) is 16.6. The molecule has 1 aromatic rings. The molecule has 1 aromatic carbocycles. The summed E-state index contributed by atoms with van der Waals surface area (Å²) in [5, 5.41) is 0. The van der Waals surface area contributed by atoms with Crippen LogP contribution in [0.5, 0.6) is 11.5 Å². The highest BCUT2D eigenvalue weighted by molar-refractivity contribution is 5.41. The third-order valence-corrected chi connectivity index (χ3v) is 3.31. The number of nitrogens with two attached hydrogens (primary N) is 1. The van der Waals surface area contributed by atoms with Crippen molar-refractivity contribution in [3.05, 3.63) is 23.8 Å². The van der Waals surface area contributed by atoms with E-state index in [0.717, 1.165) is 30.3 Å². The summed E-state index contributed by atoms with van der Waals surface area (Å²) in [5.74, 6) is 2.56. The maximum atomic E-state index is 6.15. The number of benzene rings is 1. The third-order valence-electron chi connectivity index (χ3n) is 3.31. The summed E-state index contributed by atoms with van der Waals surface area (Å²) in [4.78, 5) is 0. The predicted octanol–water partition coefficient (Wildman–Crippen LogP) is 2.37. The quantitative estimate of drug-likeness (QED) is 0.823. The molecule has 1 aliphatic carbocycles.